The number of likely N-dealkylation sites (tertiary alicyclic amines) is 1. The third-order valence-electron chi connectivity index (χ3n) is 5.60. The molecule has 0 aliphatic carbocycles. The van der Waals surface area contributed by atoms with Crippen molar-refractivity contribution in [2.75, 3.05) is 13.1 Å². The van der Waals surface area contributed by atoms with Crippen LogP contribution in [0.2, 0.25) is 0 Å². The highest BCUT2D eigenvalue weighted by Gasteiger charge is 2.31. The smallest absolute Gasteiger partial charge is 0.276 e. The van der Waals surface area contributed by atoms with E-state index in [1.165, 1.54) is 0 Å². The van der Waals surface area contributed by atoms with Crippen LogP contribution in [0.5, 0.6) is 5.75 Å². The molecule has 1 N–H and O–H groups in total. The van der Waals surface area contributed by atoms with Crippen molar-refractivity contribution >= 4 is 5.91 Å². The predicted octanol–water partition coefficient (Wildman–Crippen LogP) is 3.17. The molecule has 1 saturated heterocycles. The minimum absolute atomic E-state index is 0.0403. The summed E-state index contributed by atoms with van der Waals surface area (Å²) in [6.45, 7) is 4.84. The minimum atomic E-state index is -0.176. The molecule has 162 valence electrons. The summed E-state index contributed by atoms with van der Waals surface area (Å²) in [6.07, 6.45) is 3.41. The van der Waals surface area contributed by atoms with Crippen molar-refractivity contribution in [2.45, 2.75) is 45.8 Å². The van der Waals surface area contributed by atoms with Gasteiger partial charge in [0.15, 0.2) is 5.69 Å². The topological polar surface area (TPSA) is 102 Å². The van der Waals surface area contributed by atoms with E-state index in [4.69, 9.17) is 9.26 Å². The number of nitrogens with zero attached hydrogens (tertiary/aromatic N) is 4. The van der Waals surface area contributed by atoms with Gasteiger partial charge < -0.3 is 19.3 Å². The van der Waals surface area contributed by atoms with Crippen molar-refractivity contribution in [3.63, 3.8) is 0 Å². The lowest BCUT2D eigenvalue weighted by Gasteiger charge is -2.32. The van der Waals surface area contributed by atoms with Crippen LogP contribution in [0.15, 0.2) is 41.1 Å². The molecule has 2 aromatic heterocycles. The summed E-state index contributed by atoms with van der Waals surface area (Å²) in [5.74, 6) is 1.81. The zero-order valence-electron chi connectivity index (χ0n) is 17.7. The Morgan fingerprint density at radius 2 is 2.10 bits per heavy atom. The summed E-state index contributed by atoms with van der Waals surface area (Å²) < 4.78 is 11.2. The van der Waals surface area contributed by atoms with Crippen LogP contribution in [0.1, 0.15) is 57.7 Å². The number of carbonyl (C=O) groups excluding carboxylic acids is 1. The van der Waals surface area contributed by atoms with E-state index in [1.54, 1.807) is 18.0 Å². The summed E-state index contributed by atoms with van der Waals surface area (Å²) in [5, 5.41) is 13.7. The normalized spacial score (nSPS) is 16.4. The number of rotatable bonds is 6. The molecule has 1 aliphatic rings. The van der Waals surface area contributed by atoms with Gasteiger partial charge in [-0.3, -0.25) is 4.79 Å². The molecule has 1 aliphatic heterocycles. The maximum Gasteiger partial charge on any atom is 0.276 e. The highest BCUT2D eigenvalue weighted by molar-refractivity contribution is 5.94. The molecule has 0 bridgehead atoms. The van der Waals surface area contributed by atoms with E-state index in [9.17, 15) is 9.90 Å². The van der Waals surface area contributed by atoms with Gasteiger partial charge in [-0.1, -0.05) is 23.4 Å². The highest BCUT2D eigenvalue weighted by atomic mass is 16.5. The second-order valence-electron chi connectivity index (χ2n) is 7.74. The average Bonchev–Trinajstić information content (AvgIpc) is 3.18. The number of aliphatic hydroxyl groups is 1. The Hall–Kier alpha value is -3.26. The zero-order valence-corrected chi connectivity index (χ0v) is 17.7. The van der Waals surface area contributed by atoms with Crippen LogP contribution in [0.3, 0.4) is 0 Å². The maximum absolute atomic E-state index is 13.3. The summed E-state index contributed by atoms with van der Waals surface area (Å²) in [7, 11) is 0. The molecular weight excluding hydrogens is 396 g/mol. The van der Waals surface area contributed by atoms with Crippen LogP contribution < -0.4 is 4.74 Å². The first-order chi connectivity index (χ1) is 15.1. The molecule has 8 nitrogen and oxygen atoms in total. The van der Waals surface area contributed by atoms with Gasteiger partial charge in [-0.15, -0.1) is 0 Å². The first-order valence-corrected chi connectivity index (χ1v) is 10.4. The molecule has 1 fully saturated rings. The number of hydrogen-bond donors (Lipinski definition) is 1. The number of ether oxygens (including phenoxy) is 1. The van der Waals surface area contributed by atoms with Crippen molar-refractivity contribution in [2.24, 2.45) is 0 Å². The molecule has 1 atom stereocenters. The molecule has 0 spiro atoms. The molecule has 4 rings (SSSR count). The molecule has 0 saturated carbocycles. The van der Waals surface area contributed by atoms with Crippen molar-refractivity contribution < 1.29 is 19.2 Å². The highest BCUT2D eigenvalue weighted by Crippen LogP contribution is 2.29. The largest absolute Gasteiger partial charge is 0.489 e. The van der Waals surface area contributed by atoms with Gasteiger partial charge in [0.05, 0.1) is 17.9 Å². The minimum Gasteiger partial charge on any atom is -0.489 e. The van der Waals surface area contributed by atoms with Crippen molar-refractivity contribution in [3.8, 4) is 5.75 Å². The Balaban J connectivity index is 1.52. The number of carbonyl (C=O) groups is 1. The van der Waals surface area contributed by atoms with E-state index in [-0.39, 0.29) is 30.7 Å². The SMILES string of the molecule is Cc1ncc(CO)c(C2CCCN(C(=O)c3noc(C)c3COc3ccccc3)C2)n1. The number of aliphatic hydroxyl groups excluding tert-OH is 1. The predicted molar refractivity (Wildman–Crippen MR) is 113 cm³/mol. The number of hydrogen-bond acceptors (Lipinski definition) is 7. The van der Waals surface area contributed by atoms with Gasteiger partial charge in [-0.05, 0) is 38.8 Å². The van der Waals surface area contributed by atoms with Gasteiger partial charge in [0.25, 0.3) is 5.91 Å². The van der Waals surface area contributed by atoms with Crippen LogP contribution in [0.4, 0.5) is 0 Å². The van der Waals surface area contributed by atoms with E-state index in [1.807, 2.05) is 37.3 Å². The number of aryl methyl sites for hydroxylation is 2. The zero-order chi connectivity index (χ0) is 21.8. The Labute approximate surface area is 180 Å². The van der Waals surface area contributed by atoms with E-state index >= 15 is 0 Å². The van der Waals surface area contributed by atoms with E-state index in [0.29, 0.717) is 35.8 Å². The van der Waals surface area contributed by atoms with Crippen LogP contribution >= 0.6 is 0 Å². The Bertz CT molecular complexity index is 1050. The first kappa shape index (κ1) is 21.0. The number of amides is 1. The standard InChI is InChI=1S/C23H26N4O4/c1-15-20(14-30-19-8-4-3-5-9-19)22(26-31-15)23(29)27-10-6-7-17(12-27)21-18(13-28)11-24-16(2)25-21/h3-5,8-9,11,17,28H,6-7,10,12-14H2,1-2H3. The third-order valence-corrected chi connectivity index (χ3v) is 5.60. The van der Waals surface area contributed by atoms with Gasteiger partial charge in [0.1, 0.15) is 23.9 Å². The number of benzene rings is 1. The number of aromatic nitrogens is 3. The summed E-state index contributed by atoms with van der Waals surface area (Å²) >= 11 is 0. The average molecular weight is 422 g/mol. The number of para-hydroxylation sites is 1. The maximum atomic E-state index is 13.3. The third kappa shape index (κ3) is 4.59. The molecule has 31 heavy (non-hydrogen) atoms. The van der Waals surface area contributed by atoms with Crippen LogP contribution in [0, 0.1) is 13.8 Å². The Morgan fingerprint density at radius 3 is 2.87 bits per heavy atom. The Morgan fingerprint density at radius 1 is 1.29 bits per heavy atom. The summed E-state index contributed by atoms with van der Waals surface area (Å²) in [6, 6.07) is 9.43. The monoisotopic (exact) mass is 422 g/mol. The fraction of sp³-hybridized carbons (Fsp3) is 0.391. The quantitative estimate of drug-likeness (QED) is 0.651. The van der Waals surface area contributed by atoms with Gasteiger partial charge >= 0.3 is 0 Å². The first-order valence-electron chi connectivity index (χ1n) is 10.4. The lowest BCUT2D eigenvalue weighted by molar-refractivity contribution is 0.0692. The molecule has 0 radical (unpaired) electrons. The molecule has 1 amide bonds. The molecule has 3 aromatic rings. The van der Waals surface area contributed by atoms with Gasteiger partial charge in [-0.2, -0.15) is 0 Å². The van der Waals surface area contributed by atoms with Crippen LogP contribution in [-0.4, -0.2) is 44.1 Å². The van der Waals surface area contributed by atoms with Crippen LogP contribution in [-0.2, 0) is 13.2 Å². The molecule has 8 heteroatoms. The number of piperidine rings is 1. The fourth-order valence-corrected chi connectivity index (χ4v) is 3.92. The lowest BCUT2D eigenvalue weighted by atomic mass is 9.91. The fourth-order valence-electron chi connectivity index (χ4n) is 3.92. The van der Waals surface area contributed by atoms with Gasteiger partial charge in [-0.25, -0.2) is 9.97 Å². The van der Waals surface area contributed by atoms with Gasteiger partial charge in [0.2, 0.25) is 0 Å². The molecule has 3 heterocycles. The van der Waals surface area contributed by atoms with E-state index in [0.717, 1.165) is 24.3 Å². The molecule has 1 aromatic carbocycles. The van der Waals surface area contributed by atoms with Crippen molar-refractivity contribution in [1.29, 1.82) is 0 Å². The van der Waals surface area contributed by atoms with Crippen LogP contribution in [0.25, 0.3) is 0 Å². The summed E-state index contributed by atoms with van der Waals surface area (Å²) in [4.78, 5) is 23.8. The molecular formula is C23H26N4O4. The van der Waals surface area contributed by atoms with E-state index in [2.05, 4.69) is 15.1 Å². The summed E-state index contributed by atoms with van der Waals surface area (Å²) in [5.41, 5.74) is 2.47. The Kier molecular flexibility index (Phi) is 6.27. The second kappa shape index (κ2) is 9.26. The van der Waals surface area contributed by atoms with Crippen molar-refractivity contribution in [3.05, 3.63) is 70.6 Å². The van der Waals surface area contributed by atoms with Crippen molar-refractivity contribution in [1.82, 2.24) is 20.0 Å². The molecule has 1 unspecified atom stereocenters. The second-order valence-corrected chi connectivity index (χ2v) is 7.74. The van der Waals surface area contributed by atoms with E-state index < -0.39 is 0 Å². The lowest BCUT2D eigenvalue weighted by Crippen LogP contribution is -2.40. The van der Waals surface area contributed by atoms with Gasteiger partial charge in [0, 0.05) is 30.8 Å².